The van der Waals surface area contributed by atoms with Crippen LogP contribution in [-0.2, 0) is 4.74 Å². The van der Waals surface area contributed by atoms with Crippen molar-refractivity contribution in [1.29, 1.82) is 0 Å². The Bertz CT molecular complexity index is 429. The van der Waals surface area contributed by atoms with E-state index in [1.807, 2.05) is 0 Å². The maximum absolute atomic E-state index is 5.67. The van der Waals surface area contributed by atoms with Crippen molar-refractivity contribution in [3.05, 3.63) is 5.82 Å². The van der Waals surface area contributed by atoms with Crippen LogP contribution in [0.3, 0.4) is 0 Å². The molecule has 0 radical (unpaired) electrons. The largest absolute Gasteiger partial charge is 0.370 e. The molecule has 1 fully saturated rings. The molecule has 0 bridgehead atoms. The van der Waals surface area contributed by atoms with Gasteiger partial charge in [-0.2, -0.15) is 10.1 Å². The lowest BCUT2D eigenvalue weighted by Gasteiger charge is -2.34. The number of ether oxygens (including phenoxy) is 1. The van der Waals surface area contributed by atoms with Gasteiger partial charge in [0.1, 0.15) is 6.10 Å². The fraction of sp³-hybridized carbons (Fsp3) is 0.846. The van der Waals surface area contributed by atoms with Crippen LogP contribution in [-0.4, -0.2) is 27.9 Å². The fourth-order valence-electron chi connectivity index (χ4n) is 2.84. The van der Waals surface area contributed by atoms with E-state index in [1.165, 1.54) is 0 Å². The molecule has 2 atom stereocenters. The molecule has 0 aromatic carbocycles. The molecule has 5 nitrogen and oxygen atoms in total. The van der Waals surface area contributed by atoms with Gasteiger partial charge in [-0.25, -0.2) is 4.68 Å². The van der Waals surface area contributed by atoms with E-state index in [0.717, 1.165) is 44.2 Å². The van der Waals surface area contributed by atoms with Crippen LogP contribution in [0.2, 0.25) is 0 Å². The summed E-state index contributed by atoms with van der Waals surface area (Å²) in [6, 6.07) is 0.413. The number of aromatic nitrogens is 3. The van der Waals surface area contributed by atoms with E-state index in [2.05, 4.69) is 35.8 Å². The highest BCUT2D eigenvalue weighted by molar-refractivity contribution is 5.29. The second-order valence-electron chi connectivity index (χ2n) is 6.34. The number of rotatable bonds is 1. The van der Waals surface area contributed by atoms with E-state index in [4.69, 9.17) is 9.84 Å². The number of anilines is 1. The first-order valence-electron chi connectivity index (χ1n) is 6.87. The van der Waals surface area contributed by atoms with Crippen molar-refractivity contribution in [2.24, 2.45) is 5.41 Å². The van der Waals surface area contributed by atoms with Gasteiger partial charge in [-0.15, -0.1) is 0 Å². The molecule has 2 unspecified atom stereocenters. The normalized spacial score (nSPS) is 27.9. The van der Waals surface area contributed by atoms with Crippen LogP contribution in [0.5, 0.6) is 0 Å². The Hall–Kier alpha value is -1.10. The summed E-state index contributed by atoms with van der Waals surface area (Å²) in [5.41, 5.74) is 0.207. The van der Waals surface area contributed by atoms with Gasteiger partial charge in [-0.3, -0.25) is 0 Å². The smallest absolute Gasteiger partial charge is 0.221 e. The standard InChI is InChI=1S/C13H22N4O/c1-13(2,3)10-6-7-14-12-15-11(16-17(10)12)9-5-4-8-18-9/h9-10H,4-8H2,1-3H3,(H,14,15,16). The number of hydrogen-bond acceptors (Lipinski definition) is 4. The zero-order chi connectivity index (χ0) is 12.8. The molecule has 0 aliphatic carbocycles. The van der Waals surface area contributed by atoms with Crippen LogP contribution in [0.25, 0.3) is 0 Å². The Morgan fingerprint density at radius 3 is 2.83 bits per heavy atom. The van der Waals surface area contributed by atoms with E-state index in [-0.39, 0.29) is 11.5 Å². The molecule has 1 aromatic rings. The summed E-state index contributed by atoms with van der Waals surface area (Å²) < 4.78 is 7.74. The van der Waals surface area contributed by atoms with Gasteiger partial charge in [0.15, 0.2) is 5.82 Å². The summed E-state index contributed by atoms with van der Waals surface area (Å²) in [7, 11) is 0. The second-order valence-corrected chi connectivity index (χ2v) is 6.34. The second kappa shape index (κ2) is 4.23. The number of nitrogens with zero attached hydrogens (tertiary/aromatic N) is 3. The average molecular weight is 250 g/mol. The van der Waals surface area contributed by atoms with Crippen LogP contribution in [0.15, 0.2) is 0 Å². The Morgan fingerprint density at radius 1 is 1.33 bits per heavy atom. The Morgan fingerprint density at radius 2 is 2.17 bits per heavy atom. The third kappa shape index (κ3) is 2.00. The minimum absolute atomic E-state index is 0.102. The van der Waals surface area contributed by atoms with E-state index in [1.54, 1.807) is 0 Å². The molecule has 0 amide bonds. The monoisotopic (exact) mass is 250 g/mol. The highest BCUT2D eigenvalue weighted by Crippen LogP contribution is 2.38. The van der Waals surface area contributed by atoms with Gasteiger partial charge in [0.2, 0.25) is 5.95 Å². The molecule has 100 valence electrons. The predicted molar refractivity (Wildman–Crippen MR) is 69.5 cm³/mol. The topological polar surface area (TPSA) is 52.0 Å². The minimum Gasteiger partial charge on any atom is -0.370 e. The molecular weight excluding hydrogens is 228 g/mol. The molecule has 0 saturated carbocycles. The third-order valence-corrected chi connectivity index (χ3v) is 3.86. The van der Waals surface area contributed by atoms with E-state index in [9.17, 15) is 0 Å². The zero-order valence-electron chi connectivity index (χ0n) is 11.4. The lowest BCUT2D eigenvalue weighted by atomic mass is 9.84. The molecule has 3 rings (SSSR count). The van der Waals surface area contributed by atoms with E-state index >= 15 is 0 Å². The van der Waals surface area contributed by atoms with E-state index in [0.29, 0.717) is 6.04 Å². The van der Waals surface area contributed by atoms with Crippen molar-refractivity contribution < 1.29 is 4.74 Å². The molecule has 3 heterocycles. The molecule has 0 spiro atoms. The first kappa shape index (κ1) is 12.0. The van der Waals surface area contributed by atoms with Gasteiger partial charge in [0, 0.05) is 13.2 Å². The molecule has 1 aromatic heterocycles. The summed E-state index contributed by atoms with van der Waals surface area (Å²) in [6.45, 7) is 8.61. The Kier molecular flexibility index (Phi) is 2.81. The molecule has 1 N–H and O–H groups in total. The number of fused-ring (bicyclic) bond motifs is 1. The molecule has 2 aliphatic heterocycles. The predicted octanol–water partition coefficient (Wildman–Crippen LogP) is 2.53. The average Bonchev–Trinajstić information content (AvgIpc) is 2.95. The van der Waals surface area contributed by atoms with Crippen LogP contribution >= 0.6 is 0 Å². The Balaban J connectivity index is 1.92. The molecular formula is C13H22N4O. The van der Waals surface area contributed by atoms with Gasteiger partial charge in [-0.1, -0.05) is 20.8 Å². The van der Waals surface area contributed by atoms with Gasteiger partial charge < -0.3 is 10.1 Å². The van der Waals surface area contributed by atoms with Crippen molar-refractivity contribution in [2.75, 3.05) is 18.5 Å². The third-order valence-electron chi connectivity index (χ3n) is 3.86. The molecule has 18 heavy (non-hydrogen) atoms. The highest BCUT2D eigenvalue weighted by Gasteiger charge is 2.34. The summed E-state index contributed by atoms with van der Waals surface area (Å²) in [6.07, 6.45) is 3.37. The van der Waals surface area contributed by atoms with Crippen LogP contribution in [0.1, 0.15) is 58.0 Å². The van der Waals surface area contributed by atoms with Crippen molar-refractivity contribution in [3.8, 4) is 0 Å². The van der Waals surface area contributed by atoms with Crippen LogP contribution in [0.4, 0.5) is 5.95 Å². The van der Waals surface area contributed by atoms with Crippen molar-refractivity contribution >= 4 is 5.95 Å². The van der Waals surface area contributed by atoms with E-state index < -0.39 is 0 Å². The van der Waals surface area contributed by atoms with Gasteiger partial charge >= 0.3 is 0 Å². The van der Waals surface area contributed by atoms with Gasteiger partial charge in [0.05, 0.1) is 6.04 Å². The van der Waals surface area contributed by atoms with Crippen molar-refractivity contribution in [1.82, 2.24) is 14.8 Å². The lowest BCUT2D eigenvalue weighted by molar-refractivity contribution is 0.104. The molecule has 1 saturated heterocycles. The SMILES string of the molecule is CC(C)(C)C1CCNc2nc(C3CCCO3)nn21. The maximum Gasteiger partial charge on any atom is 0.221 e. The first-order chi connectivity index (χ1) is 8.55. The van der Waals surface area contributed by atoms with Crippen LogP contribution in [0, 0.1) is 5.41 Å². The Labute approximate surface area is 108 Å². The zero-order valence-corrected chi connectivity index (χ0v) is 11.4. The summed E-state index contributed by atoms with van der Waals surface area (Å²) in [4.78, 5) is 4.61. The lowest BCUT2D eigenvalue weighted by Crippen LogP contribution is -2.32. The highest BCUT2D eigenvalue weighted by atomic mass is 16.5. The quantitative estimate of drug-likeness (QED) is 0.832. The van der Waals surface area contributed by atoms with Crippen molar-refractivity contribution in [3.63, 3.8) is 0 Å². The number of hydrogen-bond donors (Lipinski definition) is 1. The summed E-state index contributed by atoms with van der Waals surface area (Å²) in [5.74, 6) is 1.76. The first-order valence-corrected chi connectivity index (χ1v) is 6.87. The minimum atomic E-state index is 0.102. The van der Waals surface area contributed by atoms with Gasteiger partial charge in [-0.05, 0) is 24.7 Å². The summed E-state index contributed by atoms with van der Waals surface area (Å²) in [5, 5.41) is 8.04. The number of nitrogens with one attached hydrogen (secondary N) is 1. The summed E-state index contributed by atoms with van der Waals surface area (Å²) >= 11 is 0. The van der Waals surface area contributed by atoms with Gasteiger partial charge in [0.25, 0.3) is 0 Å². The van der Waals surface area contributed by atoms with Crippen LogP contribution < -0.4 is 5.32 Å². The van der Waals surface area contributed by atoms with Crippen molar-refractivity contribution in [2.45, 2.75) is 52.2 Å². The molecule has 2 aliphatic rings. The maximum atomic E-state index is 5.67. The fourth-order valence-corrected chi connectivity index (χ4v) is 2.84. The molecule has 5 heteroatoms.